The molecule has 3 nitrogen and oxygen atoms in total. The Morgan fingerprint density at radius 3 is 2.33 bits per heavy atom. The number of aromatic nitrogens is 2. The standard InChI is InChI=1S/C15H20N2O/c1-2-10-16-12-13-17(15(16)18)11-6-9-14-7-4-3-5-8-14/h3-5,7-8,12-13H,2,6,9-11H2,1H3. The van der Waals surface area contributed by atoms with Crippen molar-refractivity contribution in [2.45, 2.75) is 39.3 Å². The van der Waals surface area contributed by atoms with Crippen molar-refractivity contribution in [2.75, 3.05) is 0 Å². The van der Waals surface area contributed by atoms with E-state index in [2.05, 4.69) is 31.2 Å². The molecule has 0 aliphatic heterocycles. The summed E-state index contributed by atoms with van der Waals surface area (Å²) in [5, 5.41) is 0. The Morgan fingerprint density at radius 2 is 1.67 bits per heavy atom. The zero-order valence-electron chi connectivity index (χ0n) is 10.9. The first kappa shape index (κ1) is 12.7. The predicted molar refractivity (Wildman–Crippen MR) is 73.7 cm³/mol. The van der Waals surface area contributed by atoms with Crippen LogP contribution in [0.1, 0.15) is 25.3 Å². The van der Waals surface area contributed by atoms with Crippen molar-refractivity contribution in [3.05, 3.63) is 58.8 Å². The Kier molecular flexibility index (Phi) is 4.40. The molecule has 0 aliphatic rings. The van der Waals surface area contributed by atoms with Crippen LogP contribution in [0.15, 0.2) is 47.5 Å². The van der Waals surface area contributed by atoms with E-state index in [1.54, 1.807) is 9.13 Å². The molecule has 0 amide bonds. The van der Waals surface area contributed by atoms with E-state index in [0.29, 0.717) is 0 Å². The first-order valence-electron chi connectivity index (χ1n) is 6.60. The van der Waals surface area contributed by atoms with Crippen molar-refractivity contribution in [3.8, 4) is 0 Å². The maximum Gasteiger partial charge on any atom is 0.328 e. The van der Waals surface area contributed by atoms with Gasteiger partial charge in [0.15, 0.2) is 0 Å². The molecular formula is C15H20N2O. The number of imidazole rings is 1. The van der Waals surface area contributed by atoms with Crippen LogP contribution in [0.3, 0.4) is 0 Å². The summed E-state index contributed by atoms with van der Waals surface area (Å²) in [6.07, 6.45) is 6.79. The van der Waals surface area contributed by atoms with Crippen molar-refractivity contribution in [2.24, 2.45) is 0 Å². The minimum Gasteiger partial charge on any atom is -0.299 e. The third-order valence-electron chi connectivity index (χ3n) is 3.09. The van der Waals surface area contributed by atoms with E-state index in [1.807, 2.05) is 18.5 Å². The number of hydrogen-bond acceptors (Lipinski definition) is 1. The average molecular weight is 244 g/mol. The van der Waals surface area contributed by atoms with E-state index in [4.69, 9.17) is 0 Å². The Balaban J connectivity index is 1.89. The van der Waals surface area contributed by atoms with Gasteiger partial charge >= 0.3 is 5.69 Å². The smallest absolute Gasteiger partial charge is 0.299 e. The summed E-state index contributed by atoms with van der Waals surface area (Å²) in [7, 11) is 0. The van der Waals surface area contributed by atoms with Gasteiger partial charge in [-0.2, -0.15) is 0 Å². The second-order valence-electron chi connectivity index (χ2n) is 4.56. The molecule has 3 heteroatoms. The second kappa shape index (κ2) is 6.24. The highest BCUT2D eigenvalue weighted by molar-refractivity contribution is 5.14. The monoisotopic (exact) mass is 244 g/mol. The SMILES string of the molecule is CCCn1ccn(CCCc2ccccc2)c1=O. The summed E-state index contributed by atoms with van der Waals surface area (Å²) in [4.78, 5) is 11.9. The Hall–Kier alpha value is -1.77. The molecule has 0 aliphatic carbocycles. The van der Waals surface area contributed by atoms with Crippen LogP contribution in [-0.4, -0.2) is 9.13 Å². The summed E-state index contributed by atoms with van der Waals surface area (Å²) in [5.41, 5.74) is 1.45. The van der Waals surface area contributed by atoms with Gasteiger partial charge in [-0.05, 0) is 24.8 Å². The number of hydrogen-bond donors (Lipinski definition) is 0. The molecule has 0 spiro atoms. The van der Waals surface area contributed by atoms with E-state index in [9.17, 15) is 4.79 Å². The lowest BCUT2D eigenvalue weighted by atomic mass is 10.1. The molecule has 96 valence electrons. The summed E-state index contributed by atoms with van der Waals surface area (Å²) >= 11 is 0. The minimum absolute atomic E-state index is 0.116. The van der Waals surface area contributed by atoms with Crippen molar-refractivity contribution >= 4 is 0 Å². The van der Waals surface area contributed by atoms with E-state index < -0.39 is 0 Å². The fraction of sp³-hybridized carbons (Fsp3) is 0.400. The van der Waals surface area contributed by atoms with Crippen molar-refractivity contribution in [1.82, 2.24) is 9.13 Å². The maximum absolute atomic E-state index is 11.9. The molecule has 0 bridgehead atoms. The first-order valence-corrected chi connectivity index (χ1v) is 6.60. The molecule has 1 heterocycles. The zero-order chi connectivity index (χ0) is 12.8. The highest BCUT2D eigenvalue weighted by Crippen LogP contribution is 2.03. The highest BCUT2D eigenvalue weighted by atomic mass is 16.1. The fourth-order valence-corrected chi connectivity index (χ4v) is 2.13. The van der Waals surface area contributed by atoms with Crippen molar-refractivity contribution in [3.63, 3.8) is 0 Å². The van der Waals surface area contributed by atoms with Gasteiger partial charge in [0.25, 0.3) is 0 Å². The molecular weight excluding hydrogens is 224 g/mol. The van der Waals surface area contributed by atoms with Crippen LogP contribution in [0.2, 0.25) is 0 Å². The molecule has 0 unspecified atom stereocenters. The van der Waals surface area contributed by atoms with E-state index in [0.717, 1.165) is 32.4 Å². The van der Waals surface area contributed by atoms with Gasteiger partial charge in [-0.25, -0.2) is 4.79 Å². The number of aryl methyl sites for hydroxylation is 3. The summed E-state index contributed by atoms with van der Waals surface area (Å²) in [5.74, 6) is 0. The van der Waals surface area contributed by atoms with Crippen molar-refractivity contribution < 1.29 is 0 Å². The quantitative estimate of drug-likeness (QED) is 0.767. The van der Waals surface area contributed by atoms with Gasteiger partial charge in [0.1, 0.15) is 0 Å². The van der Waals surface area contributed by atoms with Crippen LogP contribution in [0.4, 0.5) is 0 Å². The Morgan fingerprint density at radius 1 is 1.00 bits per heavy atom. The molecule has 2 rings (SSSR count). The third-order valence-corrected chi connectivity index (χ3v) is 3.09. The van der Waals surface area contributed by atoms with Crippen LogP contribution in [-0.2, 0) is 19.5 Å². The predicted octanol–water partition coefficient (Wildman–Crippen LogP) is 2.69. The van der Waals surface area contributed by atoms with Crippen LogP contribution in [0.5, 0.6) is 0 Å². The van der Waals surface area contributed by atoms with E-state index in [-0.39, 0.29) is 5.69 Å². The number of benzene rings is 1. The highest BCUT2D eigenvalue weighted by Gasteiger charge is 2.01. The van der Waals surface area contributed by atoms with Crippen LogP contribution in [0, 0.1) is 0 Å². The van der Waals surface area contributed by atoms with Crippen LogP contribution >= 0.6 is 0 Å². The number of nitrogens with zero attached hydrogens (tertiary/aromatic N) is 2. The van der Waals surface area contributed by atoms with E-state index >= 15 is 0 Å². The van der Waals surface area contributed by atoms with Gasteiger partial charge in [-0.1, -0.05) is 37.3 Å². The second-order valence-corrected chi connectivity index (χ2v) is 4.56. The largest absolute Gasteiger partial charge is 0.328 e. The molecule has 0 saturated heterocycles. The molecule has 1 aromatic carbocycles. The Labute approximate surface area is 108 Å². The third kappa shape index (κ3) is 3.13. The summed E-state index contributed by atoms with van der Waals surface area (Å²) in [6, 6.07) is 10.4. The maximum atomic E-state index is 11.9. The van der Waals surface area contributed by atoms with Gasteiger partial charge in [0, 0.05) is 25.5 Å². The van der Waals surface area contributed by atoms with Gasteiger partial charge in [0.2, 0.25) is 0 Å². The molecule has 2 aromatic rings. The summed E-state index contributed by atoms with van der Waals surface area (Å²) < 4.78 is 3.58. The van der Waals surface area contributed by atoms with Crippen LogP contribution < -0.4 is 5.69 Å². The molecule has 0 radical (unpaired) electrons. The molecule has 0 atom stereocenters. The van der Waals surface area contributed by atoms with Gasteiger partial charge in [0.05, 0.1) is 0 Å². The average Bonchev–Trinajstić information content (AvgIpc) is 2.73. The van der Waals surface area contributed by atoms with E-state index in [1.165, 1.54) is 5.56 Å². The lowest BCUT2D eigenvalue weighted by Crippen LogP contribution is -2.24. The lowest BCUT2D eigenvalue weighted by molar-refractivity contribution is 0.581. The summed E-state index contributed by atoms with van der Waals surface area (Å²) in [6.45, 7) is 3.69. The topological polar surface area (TPSA) is 26.9 Å². The molecule has 0 saturated carbocycles. The molecule has 18 heavy (non-hydrogen) atoms. The number of rotatable bonds is 6. The lowest BCUT2D eigenvalue weighted by Gasteiger charge is -2.02. The van der Waals surface area contributed by atoms with Crippen molar-refractivity contribution in [1.29, 1.82) is 0 Å². The van der Waals surface area contributed by atoms with Gasteiger partial charge in [-0.15, -0.1) is 0 Å². The molecule has 0 fully saturated rings. The van der Waals surface area contributed by atoms with Gasteiger partial charge < -0.3 is 0 Å². The minimum atomic E-state index is 0.116. The fourth-order valence-electron chi connectivity index (χ4n) is 2.13. The van der Waals surface area contributed by atoms with Crippen LogP contribution in [0.25, 0.3) is 0 Å². The molecule has 1 aromatic heterocycles. The Bertz CT molecular complexity index is 525. The molecule has 0 N–H and O–H groups in total. The first-order chi connectivity index (χ1) is 8.81. The normalized spacial score (nSPS) is 10.7. The zero-order valence-corrected chi connectivity index (χ0v) is 10.9. The van der Waals surface area contributed by atoms with Gasteiger partial charge in [-0.3, -0.25) is 9.13 Å².